The molecule has 1 amide bonds. The van der Waals surface area contributed by atoms with Crippen molar-refractivity contribution >= 4 is 22.8 Å². The van der Waals surface area contributed by atoms with Gasteiger partial charge in [-0.25, -0.2) is 9.97 Å². The van der Waals surface area contributed by atoms with E-state index in [1.54, 1.807) is 0 Å². The van der Waals surface area contributed by atoms with E-state index in [9.17, 15) is 4.79 Å². The highest BCUT2D eigenvalue weighted by Gasteiger charge is 2.30. The molecule has 1 aliphatic heterocycles. The average Bonchev–Trinajstić information content (AvgIpc) is 2.86. The number of fused-ring (bicyclic) bond motifs is 1. The molecular formula is C13H17N5O. The van der Waals surface area contributed by atoms with Gasteiger partial charge in [-0.05, 0) is 12.0 Å². The molecule has 1 atom stereocenters. The number of aromatic amines is 1. The largest absolute Gasteiger partial charge is 0.352 e. The standard InChI is InChI=1S/C13H17N5O/c1-8(2)10-5-15-11(19)6-18(10)13-9-3-4-14-12(9)16-7-17-13/h3-4,7-8,10H,5-6H2,1-2H3,(H,15,19)(H,14,16,17)/t10-/m1/s1. The summed E-state index contributed by atoms with van der Waals surface area (Å²) in [7, 11) is 0. The van der Waals surface area contributed by atoms with Crippen molar-refractivity contribution in [3.05, 3.63) is 18.6 Å². The number of piperazine rings is 1. The Balaban J connectivity index is 2.06. The van der Waals surface area contributed by atoms with Gasteiger partial charge < -0.3 is 15.2 Å². The van der Waals surface area contributed by atoms with Crippen LogP contribution < -0.4 is 10.2 Å². The van der Waals surface area contributed by atoms with Crippen molar-refractivity contribution in [2.75, 3.05) is 18.0 Å². The Labute approximate surface area is 111 Å². The third-order valence-corrected chi connectivity index (χ3v) is 3.60. The highest BCUT2D eigenvalue weighted by Crippen LogP contribution is 2.26. The second-order valence-corrected chi connectivity index (χ2v) is 5.18. The van der Waals surface area contributed by atoms with Crippen LogP contribution in [0, 0.1) is 5.92 Å². The first-order chi connectivity index (χ1) is 9.16. The fraction of sp³-hybridized carbons (Fsp3) is 0.462. The highest BCUT2D eigenvalue weighted by atomic mass is 16.2. The number of rotatable bonds is 2. The van der Waals surface area contributed by atoms with Crippen molar-refractivity contribution in [3.8, 4) is 0 Å². The molecule has 0 aliphatic carbocycles. The molecule has 1 aliphatic rings. The summed E-state index contributed by atoms with van der Waals surface area (Å²) in [6.07, 6.45) is 3.38. The molecule has 0 radical (unpaired) electrons. The normalized spacial score (nSPS) is 20.1. The molecule has 3 heterocycles. The van der Waals surface area contributed by atoms with Crippen molar-refractivity contribution in [3.63, 3.8) is 0 Å². The Morgan fingerprint density at radius 2 is 2.26 bits per heavy atom. The molecule has 1 saturated heterocycles. The van der Waals surface area contributed by atoms with E-state index >= 15 is 0 Å². The Hall–Kier alpha value is -2.11. The Morgan fingerprint density at radius 3 is 3.05 bits per heavy atom. The van der Waals surface area contributed by atoms with Crippen LogP contribution in [0.25, 0.3) is 11.0 Å². The summed E-state index contributed by atoms with van der Waals surface area (Å²) in [6.45, 7) is 5.32. The van der Waals surface area contributed by atoms with Gasteiger partial charge in [0.1, 0.15) is 17.8 Å². The summed E-state index contributed by atoms with van der Waals surface area (Å²) >= 11 is 0. The van der Waals surface area contributed by atoms with Crippen LogP contribution in [0.5, 0.6) is 0 Å². The topological polar surface area (TPSA) is 73.9 Å². The van der Waals surface area contributed by atoms with E-state index in [0.717, 1.165) is 16.9 Å². The predicted octanol–water partition coefficient (Wildman–Crippen LogP) is 0.919. The molecule has 2 aromatic rings. The first-order valence-electron chi connectivity index (χ1n) is 6.48. The minimum absolute atomic E-state index is 0.0409. The summed E-state index contributed by atoms with van der Waals surface area (Å²) in [5.74, 6) is 1.31. The zero-order chi connectivity index (χ0) is 13.4. The van der Waals surface area contributed by atoms with Gasteiger partial charge >= 0.3 is 0 Å². The highest BCUT2D eigenvalue weighted by molar-refractivity contribution is 5.91. The van der Waals surface area contributed by atoms with Crippen molar-refractivity contribution in [1.29, 1.82) is 0 Å². The zero-order valence-corrected chi connectivity index (χ0v) is 11.1. The molecule has 0 bridgehead atoms. The van der Waals surface area contributed by atoms with Crippen molar-refractivity contribution in [1.82, 2.24) is 20.3 Å². The van der Waals surface area contributed by atoms with Crippen LogP contribution in [0.2, 0.25) is 0 Å². The molecule has 0 aromatic carbocycles. The number of nitrogens with zero attached hydrogens (tertiary/aromatic N) is 3. The Morgan fingerprint density at radius 1 is 1.42 bits per heavy atom. The molecular weight excluding hydrogens is 242 g/mol. The van der Waals surface area contributed by atoms with Crippen LogP contribution in [0.1, 0.15) is 13.8 Å². The molecule has 2 aromatic heterocycles. The van der Waals surface area contributed by atoms with Gasteiger partial charge in [-0.1, -0.05) is 13.8 Å². The second kappa shape index (κ2) is 4.53. The lowest BCUT2D eigenvalue weighted by atomic mass is 10.00. The summed E-state index contributed by atoms with van der Waals surface area (Å²) in [6, 6.07) is 2.21. The van der Waals surface area contributed by atoms with Gasteiger partial charge in [0.2, 0.25) is 5.91 Å². The van der Waals surface area contributed by atoms with Crippen LogP contribution in [0.3, 0.4) is 0 Å². The molecule has 19 heavy (non-hydrogen) atoms. The number of hydrogen-bond donors (Lipinski definition) is 2. The van der Waals surface area contributed by atoms with Crippen molar-refractivity contribution in [2.45, 2.75) is 19.9 Å². The maximum atomic E-state index is 11.7. The number of H-pyrrole nitrogens is 1. The zero-order valence-electron chi connectivity index (χ0n) is 11.1. The number of carbonyl (C=O) groups excluding carboxylic acids is 1. The van der Waals surface area contributed by atoms with E-state index in [-0.39, 0.29) is 11.9 Å². The first-order valence-corrected chi connectivity index (χ1v) is 6.48. The van der Waals surface area contributed by atoms with Gasteiger partial charge in [-0.15, -0.1) is 0 Å². The quantitative estimate of drug-likeness (QED) is 0.841. The molecule has 1 fully saturated rings. The Bertz CT molecular complexity index is 606. The summed E-state index contributed by atoms with van der Waals surface area (Å²) in [5, 5.41) is 3.88. The smallest absolute Gasteiger partial charge is 0.239 e. The minimum Gasteiger partial charge on any atom is -0.352 e. The number of anilines is 1. The van der Waals surface area contributed by atoms with Crippen LogP contribution in [-0.2, 0) is 4.79 Å². The fourth-order valence-corrected chi connectivity index (χ4v) is 2.57. The molecule has 3 rings (SSSR count). The molecule has 6 heteroatoms. The fourth-order valence-electron chi connectivity index (χ4n) is 2.57. The predicted molar refractivity (Wildman–Crippen MR) is 72.9 cm³/mol. The number of hydrogen-bond acceptors (Lipinski definition) is 4. The summed E-state index contributed by atoms with van der Waals surface area (Å²) in [4.78, 5) is 25.4. The van der Waals surface area contributed by atoms with Crippen molar-refractivity contribution < 1.29 is 4.79 Å². The second-order valence-electron chi connectivity index (χ2n) is 5.18. The molecule has 100 valence electrons. The maximum absolute atomic E-state index is 11.7. The van der Waals surface area contributed by atoms with Gasteiger partial charge in [-0.3, -0.25) is 4.79 Å². The summed E-state index contributed by atoms with van der Waals surface area (Å²) < 4.78 is 0. The minimum atomic E-state index is 0.0409. The number of carbonyl (C=O) groups is 1. The molecule has 6 nitrogen and oxygen atoms in total. The lowest BCUT2D eigenvalue weighted by molar-refractivity contribution is -0.121. The molecule has 2 N–H and O–H groups in total. The van der Waals surface area contributed by atoms with Crippen LogP contribution in [0.15, 0.2) is 18.6 Å². The van der Waals surface area contributed by atoms with Crippen molar-refractivity contribution in [2.24, 2.45) is 5.92 Å². The molecule has 0 saturated carbocycles. The number of aromatic nitrogens is 3. The summed E-state index contributed by atoms with van der Waals surface area (Å²) in [5.41, 5.74) is 0.804. The average molecular weight is 259 g/mol. The number of nitrogens with one attached hydrogen (secondary N) is 2. The van der Waals surface area contributed by atoms with Gasteiger partial charge in [0, 0.05) is 12.7 Å². The third-order valence-electron chi connectivity index (χ3n) is 3.60. The van der Waals surface area contributed by atoms with Gasteiger partial charge in [-0.2, -0.15) is 0 Å². The molecule has 0 unspecified atom stereocenters. The Kier molecular flexibility index (Phi) is 2.85. The third kappa shape index (κ3) is 2.03. The lowest BCUT2D eigenvalue weighted by Gasteiger charge is -2.38. The van der Waals surface area contributed by atoms with E-state index in [2.05, 4.69) is 39.0 Å². The van der Waals surface area contributed by atoms with Gasteiger partial charge in [0.15, 0.2) is 0 Å². The monoisotopic (exact) mass is 259 g/mol. The van der Waals surface area contributed by atoms with Crippen LogP contribution in [0.4, 0.5) is 5.82 Å². The first kappa shape index (κ1) is 12.0. The van der Waals surface area contributed by atoms with E-state index in [4.69, 9.17) is 0 Å². The van der Waals surface area contributed by atoms with E-state index in [1.807, 2.05) is 12.3 Å². The molecule has 0 spiro atoms. The van der Waals surface area contributed by atoms with Crippen LogP contribution in [-0.4, -0.2) is 40.0 Å². The van der Waals surface area contributed by atoms with Gasteiger partial charge in [0.05, 0.1) is 18.0 Å². The van der Waals surface area contributed by atoms with E-state index < -0.39 is 0 Å². The van der Waals surface area contributed by atoms with E-state index in [1.165, 1.54) is 6.33 Å². The van der Waals surface area contributed by atoms with Gasteiger partial charge in [0.25, 0.3) is 0 Å². The van der Waals surface area contributed by atoms with Crippen LogP contribution >= 0.6 is 0 Å². The van der Waals surface area contributed by atoms with E-state index in [0.29, 0.717) is 19.0 Å². The maximum Gasteiger partial charge on any atom is 0.239 e. The SMILES string of the molecule is CC(C)[C@H]1CNC(=O)CN1c1ncnc2[nH]ccc12. The number of amides is 1. The lowest BCUT2D eigenvalue weighted by Crippen LogP contribution is -2.56.